The third-order valence-electron chi connectivity index (χ3n) is 8.17. The Hall–Kier alpha value is -3.44. The van der Waals surface area contributed by atoms with Crippen molar-refractivity contribution in [2.24, 2.45) is 5.92 Å². The van der Waals surface area contributed by atoms with Gasteiger partial charge in [0.1, 0.15) is 5.75 Å². The van der Waals surface area contributed by atoms with Crippen molar-refractivity contribution >= 4 is 17.1 Å². The van der Waals surface area contributed by atoms with Gasteiger partial charge in [-0.3, -0.25) is 4.39 Å². The minimum atomic E-state index is -0.896. The topological polar surface area (TPSA) is 49.8 Å². The Morgan fingerprint density at radius 1 is 1.05 bits per heavy atom. The lowest BCUT2D eigenvalue weighted by Crippen LogP contribution is -2.47. The van der Waals surface area contributed by atoms with Crippen molar-refractivity contribution in [3.63, 3.8) is 0 Å². The number of alkyl halides is 1. The summed E-state index contributed by atoms with van der Waals surface area (Å²) >= 11 is 0. The van der Waals surface area contributed by atoms with Gasteiger partial charge in [0, 0.05) is 25.2 Å². The third kappa shape index (κ3) is 5.79. The second-order valence-electron chi connectivity index (χ2n) is 11.1. The van der Waals surface area contributed by atoms with Crippen LogP contribution in [-0.2, 0) is 12.8 Å². The molecule has 3 aromatic carbocycles. The molecule has 0 bridgehead atoms. The van der Waals surface area contributed by atoms with Gasteiger partial charge < -0.3 is 14.7 Å². The Balaban J connectivity index is 1.56. The fourth-order valence-electron chi connectivity index (χ4n) is 6.39. The molecule has 5 rings (SSSR count). The average Bonchev–Trinajstić information content (AvgIpc) is 3.08. The van der Waals surface area contributed by atoms with Crippen LogP contribution in [0.3, 0.4) is 0 Å². The Morgan fingerprint density at radius 3 is 2.51 bits per heavy atom. The highest BCUT2D eigenvalue weighted by Crippen LogP contribution is 2.44. The third-order valence-corrected chi connectivity index (χ3v) is 8.17. The first-order valence-electron chi connectivity index (χ1n) is 14.0. The van der Waals surface area contributed by atoms with E-state index < -0.39 is 5.97 Å². The van der Waals surface area contributed by atoms with Crippen LogP contribution in [0.4, 0.5) is 4.39 Å². The zero-order valence-electron chi connectivity index (χ0n) is 23.2. The molecule has 0 radical (unpaired) electrons. The summed E-state index contributed by atoms with van der Waals surface area (Å²) in [6.07, 6.45) is 4.30. The molecule has 0 spiro atoms. The molecule has 3 aromatic rings. The van der Waals surface area contributed by atoms with Gasteiger partial charge in [0.2, 0.25) is 0 Å². The van der Waals surface area contributed by atoms with Gasteiger partial charge in [0.25, 0.3) is 0 Å². The molecule has 2 aliphatic rings. The van der Waals surface area contributed by atoms with Gasteiger partial charge in [-0.15, -0.1) is 0 Å². The summed E-state index contributed by atoms with van der Waals surface area (Å²) < 4.78 is 18.4. The predicted octanol–water partition coefficient (Wildman–Crippen LogP) is 7.14. The quantitative estimate of drug-likeness (QED) is 0.321. The molecule has 1 saturated heterocycles. The first-order valence-corrected chi connectivity index (χ1v) is 14.0. The highest BCUT2D eigenvalue weighted by molar-refractivity contribution is 6.02. The van der Waals surface area contributed by atoms with Gasteiger partial charge in [-0.2, -0.15) is 0 Å². The van der Waals surface area contributed by atoms with E-state index in [2.05, 4.69) is 55.1 Å². The molecule has 1 N–H and O–H groups in total. The molecule has 0 aromatic heterocycles. The van der Waals surface area contributed by atoms with E-state index in [0.29, 0.717) is 17.9 Å². The average molecular weight is 528 g/mol. The van der Waals surface area contributed by atoms with Crippen LogP contribution in [0.2, 0.25) is 0 Å². The van der Waals surface area contributed by atoms with Crippen LogP contribution in [-0.4, -0.2) is 49.4 Å². The summed E-state index contributed by atoms with van der Waals surface area (Å²) in [6, 6.07) is 18.8. The van der Waals surface area contributed by atoms with E-state index in [1.165, 1.54) is 22.3 Å². The van der Waals surface area contributed by atoms with Gasteiger partial charge in [-0.1, -0.05) is 36.4 Å². The summed E-state index contributed by atoms with van der Waals surface area (Å²) in [7, 11) is 1.73. The van der Waals surface area contributed by atoms with Gasteiger partial charge in [-0.25, -0.2) is 4.79 Å². The summed E-state index contributed by atoms with van der Waals surface area (Å²) in [5, 5.41) is 9.64. The van der Waals surface area contributed by atoms with Crippen molar-refractivity contribution in [1.82, 2.24) is 4.90 Å². The van der Waals surface area contributed by atoms with Gasteiger partial charge in [0.05, 0.1) is 19.3 Å². The van der Waals surface area contributed by atoms with Crippen molar-refractivity contribution in [3.05, 3.63) is 99.1 Å². The molecule has 39 heavy (non-hydrogen) atoms. The molecule has 5 heteroatoms. The highest BCUT2D eigenvalue weighted by atomic mass is 19.1. The summed E-state index contributed by atoms with van der Waals surface area (Å²) in [6.45, 7) is 6.94. The summed E-state index contributed by atoms with van der Waals surface area (Å²) in [4.78, 5) is 14.1. The van der Waals surface area contributed by atoms with Crippen molar-refractivity contribution in [3.8, 4) is 5.75 Å². The fourth-order valence-corrected chi connectivity index (χ4v) is 6.39. The molecule has 204 valence electrons. The van der Waals surface area contributed by atoms with E-state index >= 15 is 0 Å². The molecule has 0 amide bonds. The maximum atomic E-state index is 12.5. The summed E-state index contributed by atoms with van der Waals surface area (Å²) in [5.41, 5.74) is 10.9. The second kappa shape index (κ2) is 11.7. The molecule has 0 unspecified atom stereocenters. The molecule has 4 nitrogen and oxygen atoms in total. The molecule has 0 atom stereocenters. The number of benzene rings is 3. The number of halogens is 1. The Morgan fingerprint density at radius 2 is 1.82 bits per heavy atom. The number of ether oxygens (including phenoxy) is 1. The molecular weight excluding hydrogens is 489 g/mol. The number of carbonyl (C=O) groups is 1. The molecule has 1 aliphatic carbocycles. The number of nitrogens with zero attached hydrogens (tertiary/aromatic N) is 1. The van der Waals surface area contributed by atoms with Crippen LogP contribution in [0.5, 0.6) is 5.75 Å². The number of carboxylic acids is 1. The molecular formula is C34H38FNO3. The van der Waals surface area contributed by atoms with Gasteiger partial charge in [-0.05, 0) is 115 Å². The molecule has 0 saturated carbocycles. The Kier molecular flexibility index (Phi) is 8.18. The van der Waals surface area contributed by atoms with Crippen molar-refractivity contribution < 1.29 is 19.0 Å². The zero-order chi connectivity index (χ0) is 27.5. The largest absolute Gasteiger partial charge is 0.496 e. The maximum Gasteiger partial charge on any atom is 0.335 e. The smallest absolute Gasteiger partial charge is 0.335 e. The number of hydrogen-bond donors (Lipinski definition) is 1. The molecule has 1 aliphatic heterocycles. The van der Waals surface area contributed by atoms with E-state index in [9.17, 15) is 14.3 Å². The molecule has 1 fully saturated rings. The highest BCUT2D eigenvalue weighted by Gasteiger charge is 2.27. The van der Waals surface area contributed by atoms with Crippen LogP contribution >= 0.6 is 0 Å². The lowest BCUT2D eigenvalue weighted by molar-refractivity contribution is 0.0696. The van der Waals surface area contributed by atoms with E-state index in [1.807, 2.05) is 12.1 Å². The van der Waals surface area contributed by atoms with Crippen LogP contribution in [0.25, 0.3) is 11.1 Å². The van der Waals surface area contributed by atoms with E-state index in [-0.39, 0.29) is 6.67 Å². The minimum absolute atomic E-state index is 0.241. The number of hydrogen-bond acceptors (Lipinski definition) is 3. The number of rotatable bonds is 9. The standard InChI is InChI=1S/C34H38FNO3/c1-22-16-23(2)32(31(17-22)39-3)30-7-4-6-27-19-28(34(37)38)12-13-29(27)33(30)26-10-8-24(9-11-26)18-25-20-36(21-25)15-5-14-35/h8-13,16-17,19,25H,4-7,14-15,18,20-21H2,1-3H3,(H,37,38). The van der Waals surface area contributed by atoms with Gasteiger partial charge in [0.15, 0.2) is 0 Å². The van der Waals surface area contributed by atoms with Crippen LogP contribution < -0.4 is 4.74 Å². The number of likely N-dealkylation sites (tertiary alicyclic amines) is 1. The van der Waals surface area contributed by atoms with Crippen LogP contribution in [0.15, 0.2) is 54.6 Å². The summed E-state index contributed by atoms with van der Waals surface area (Å²) in [5.74, 6) is 0.606. The number of aromatic carboxylic acids is 1. The van der Waals surface area contributed by atoms with E-state index in [0.717, 1.165) is 78.9 Å². The number of allylic oxidation sites excluding steroid dienone is 1. The number of carboxylic acid groups (broad SMARTS) is 1. The number of fused-ring (bicyclic) bond motifs is 1. The number of methoxy groups -OCH3 is 1. The monoisotopic (exact) mass is 527 g/mol. The number of aryl methyl sites for hydroxylation is 3. The second-order valence-corrected chi connectivity index (χ2v) is 11.1. The van der Waals surface area contributed by atoms with Crippen LogP contribution in [0.1, 0.15) is 68.6 Å². The van der Waals surface area contributed by atoms with Crippen molar-refractivity contribution in [1.29, 1.82) is 0 Å². The van der Waals surface area contributed by atoms with Crippen molar-refractivity contribution in [2.45, 2.75) is 46.0 Å². The SMILES string of the molecule is COc1cc(C)cc(C)c1C1=C(c2ccc(CC3CN(CCCF)C3)cc2)c2ccc(C(=O)O)cc2CCC1. The Bertz CT molecular complexity index is 1390. The van der Waals surface area contributed by atoms with Crippen LogP contribution in [0, 0.1) is 19.8 Å². The first kappa shape index (κ1) is 27.1. The van der Waals surface area contributed by atoms with E-state index in [1.54, 1.807) is 13.2 Å². The fraction of sp³-hybridized carbons (Fsp3) is 0.382. The lowest BCUT2D eigenvalue weighted by atomic mass is 9.84. The Labute approximate surface area is 231 Å². The zero-order valence-corrected chi connectivity index (χ0v) is 23.2. The lowest BCUT2D eigenvalue weighted by Gasteiger charge is -2.39. The molecule has 1 heterocycles. The normalized spacial score (nSPS) is 16.0. The maximum absolute atomic E-state index is 12.5. The first-order chi connectivity index (χ1) is 18.9. The predicted molar refractivity (Wildman–Crippen MR) is 155 cm³/mol. The van der Waals surface area contributed by atoms with E-state index in [4.69, 9.17) is 4.74 Å². The van der Waals surface area contributed by atoms with Gasteiger partial charge >= 0.3 is 5.97 Å². The minimum Gasteiger partial charge on any atom is -0.496 e. The van der Waals surface area contributed by atoms with Crippen molar-refractivity contribution in [2.75, 3.05) is 33.4 Å².